The zero-order valence-electron chi connectivity index (χ0n) is 7.99. The first kappa shape index (κ1) is 12.7. The molecule has 0 aromatic rings. The summed E-state index contributed by atoms with van der Waals surface area (Å²) in [5.41, 5.74) is 0. The molecule has 0 aromatic carbocycles. The van der Waals surface area contributed by atoms with Crippen molar-refractivity contribution in [3.63, 3.8) is 0 Å². The molecule has 13 heavy (non-hydrogen) atoms. The molecular weight excluding hydrogens is 206 g/mol. The first-order chi connectivity index (χ1) is 6.16. The van der Waals surface area contributed by atoms with Gasteiger partial charge in [0.25, 0.3) is 5.17 Å². The summed E-state index contributed by atoms with van der Waals surface area (Å²) < 4.78 is 15.6. The molecule has 1 unspecified atom stereocenters. The maximum absolute atomic E-state index is 10.7. The van der Waals surface area contributed by atoms with Crippen LogP contribution in [0.5, 0.6) is 0 Å². The van der Waals surface area contributed by atoms with Gasteiger partial charge in [-0.05, 0) is 32.0 Å². The van der Waals surface area contributed by atoms with Crippen LogP contribution in [0.25, 0.3) is 0 Å². The van der Waals surface area contributed by atoms with E-state index < -0.39 is 10.8 Å². The van der Waals surface area contributed by atoms with Crippen molar-refractivity contribution in [3.05, 3.63) is 0 Å². The van der Waals surface area contributed by atoms with Crippen molar-refractivity contribution in [1.29, 1.82) is 0 Å². The van der Waals surface area contributed by atoms with Crippen molar-refractivity contribution in [3.8, 4) is 0 Å². The zero-order chi connectivity index (χ0) is 10.1. The van der Waals surface area contributed by atoms with Gasteiger partial charge in [0.05, 0.1) is 6.61 Å². The van der Waals surface area contributed by atoms with Gasteiger partial charge in [-0.2, -0.15) is 0 Å². The van der Waals surface area contributed by atoms with E-state index >= 15 is 0 Å². The standard InChI is InChI=1S/C8H15NO2S2/c1-3-11-8(12)9-6-4-5-7-13(2)10/h6H,3-5,7H2,1-2H3. The summed E-state index contributed by atoms with van der Waals surface area (Å²) in [7, 11) is -0.709. The highest BCUT2D eigenvalue weighted by Crippen LogP contribution is 1.90. The molecule has 0 radical (unpaired) electrons. The van der Waals surface area contributed by atoms with Crippen LogP contribution in [0.4, 0.5) is 0 Å². The second kappa shape index (κ2) is 8.31. The maximum atomic E-state index is 10.7. The molecular formula is C8H15NO2S2. The van der Waals surface area contributed by atoms with Crippen LogP contribution in [0.3, 0.4) is 0 Å². The smallest absolute Gasteiger partial charge is 0.283 e. The predicted molar refractivity (Wildman–Crippen MR) is 60.9 cm³/mol. The van der Waals surface area contributed by atoms with Gasteiger partial charge in [-0.1, -0.05) is 0 Å². The first-order valence-electron chi connectivity index (χ1n) is 4.16. The Balaban J connectivity index is 3.40. The van der Waals surface area contributed by atoms with Gasteiger partial charge in [0, 0.05) is 29.0 Å². The minimum absolute atomic E-state index is 0.278. The molecule has 0 saturated carbocycles. The minimum atomic E-state index is -0.709. The monoisotopic (exact) mass is 221 g/mol. The Morgan fingerprint density at radius 1 is 1.69 bits per heavy atom. The molecule has 0 saturated heterocycles. The summed E-state index contributed by atoms with van der Waals surface area (Å²) in [4.78, 5) is 3.90. The van der Waals surface area contributed by atoms with Crippen LogP contribution in [0, 0.1) is 0 Å². The predicted octanol–water partition coefficient (Wildman–Crippen LogP) is 1.54. The van der Waals surface area contributed by atoms with Crippen LogP contribution in [0.1, 0.15) is 19.8 Å². The number of ether oxygens (including phenoxy) is 1. The fraction of sp³-hybridized carbons (Fsp3) is 0.750. The second-order valence-electron chi connectivity index (χ2n) is 2.43. The van der Waals surface area contributed by atoms with Gasteiger partial charge >= 0.3 is 0 Å². The van der Waals surface area contributed by atoms with E-state index in [1.165, 1.54) is 0 Å². The number of hydrogen-bond donors (Lipinski definition) is 0. The lowest BCUT2D eigenvalue weighted by Crippen LogP contribution is -1.98. The van der Waals surface area contributed by atoms with Crippen molar-refractivity contribution >= 4 is 34.4 Å². The number of nitrogens with zero attached hydrogens (tertiary/aromatic N) is 1. The molecule has 0 bridgehead atoms. The van der Waals surface area contributed by atoms with Gasteiger partial charge in [0.2, 0.25) is 0 Å². The van der Waals surface area contributed by atoms with Crippen molar-refractivity contribution in [2.24, 2.45) is 4.99 Å². The highest BCUT2D eigenvalue weighted by molar-refractivity contribution is 7.84. The van der Waals surface area contributed by atoms with Crippen molar-refractivity contribution in [2.75, 3.05) is 18.6 Å². The Morgan fingerprint density at radius 3 is 2.92 bits per heavy atom. The van der Waals surface area contributed by atoms with Gasteiger partial charge in [-0.25, -0.2) is 4.99 Å². The SMILES string of the molecule is CCOC(=S)N=CCCCS(C)=O. The van der Waals surface area contributed by atoms with Gasteiger partial charge < -0.3 is 4.74 Å². The molecule has 0 N–H and O–H groups in total. The van der Waals surface area contributed by atoms with Crippen LogP contribution in [0.2, 0.25) is 0 Å². The van der Waals surface area contributed by atoms with Crippen molar-refractivity contribution < 1.29 is 8.95 Å². The van der Waals surface area contributed by atoms with E-state index in [0.29, 0.717) is 12.4 Å². The second-order valence-corrected chi connectivity index (χ2v) is 4.33. The molecule has 76 valence electrons. The molecule has 0 rings (SSSR count). The Hall–Kier alpha value is -0.290. The number of thiocarbonyl (C=S) groups is 1. The summed E-state index contributed by atoms with van der Waals surface area (Å²) >= 11 is 4.77. The molecule has 1 atom stereocenters. The Kier molecular flexibility index (Phi) is 8.13. The highest BCUT2D eigenvalue weighted by Gasteiger charge is 1.91. The van der Waals surface area contributed by atoms with E-state index in [1.807, 2.05) is 6.92 Å². The molecule has 0 spiro atoms. The third kappa shape index (κ3) is 9.63. The fourth-order valence-corrected chi connectivity index (χ4v) is 1.44. The lowest BCUT2D eigenvalue weighted by molar-refractivity contribution is 0.332. The molecule has 5 heteroatoms. The normalized spacial score (nSPS) is 13.1. The van der Waals surface area contributed by atoms with E-state index in [-0.39, 0.29) is 5.17 Å². The molecule has 0 aliphatic carbocycles. The first-order valence-corrected chi connectivity index (χ1v) is 6.29. The lowest BCUT2D eigenvalue weighted by atomic mass is 10.4. The fourth-order valence-electron chi connectivity index (χ4n) is 0.678. The number of hydrogen-bond acceptors (Lipinski definition) is 3. The summed E-state index contributed by atoms with van der Waals surface area (Å²) in [5.74, 6) is 0.716. The molecule has 0 heterocycles. The van der Waals surface area contributed by atoms with Crippen LogP contribution in [-0.2, 0) is 15.5 Å². The summed E-state index contributed by atoms with van der Waals surface area (Å²) in [6.07, 6.45) is 5.08. The third-order valence-corrected chi connectivity index (χ3v) is 2.32. The van der Waals surface area contributed by atoms with Crippen LogP contribution >= 0.6 is 12.2 Å². The van der Waals surface area contributed by atoms with Gasteiger partial charge in [-0.3, -0.25) is 4.21 Å². The van der Waals surface area contributed by atoms with Gasteiger partial charge in [-0.15, -0.1) is 0 Å². The van der Waals surface area contributed by atoms with E-state index in [2.05, 4.69) is 4.99 Å². The van der Waals surface area contributed by atoms with Gasteiger partial charge in [0.1, 0.15) is 0 Å². The average Bonchev–Trinajstić information content (AvgIpc) is 2.03. The zero-order valence-corrected chi connectivity index (χ0v) is 9.62. The van der Waals surface area contributed by atoms with Crippen LogP contribution in [-0.4, -0.2) is 34.2 Å². The van der Waals surface area contributed by atoms with Crippen LogP contribution in [0.15, 0.2) is 4.99 Å². The van der Waals surface area contributed by atoms with Crippen molar-refractivity contribution in [2.45, 2.75) is 19.8 Å². The van der Waals surface area contributed by atoms with E-state index in [4.69, 9.17) is 17.0 Å². The summed E-state index contributed by atoms with van der Waals surface area (Å²) in [6, 6.07) is 0. The highest BCUT2D eigenvalue weighted by atomic mass is 32.2. The van der Waals surface area contributed by atoms with Crippen LogP contribution < -0.4 is 0 Å². The molecule has 0 fully saturated rings. The van der Waals surface area contributed by atoms with E-state index in [9.17, 15) is 4.21 Å². The van der Waals surface area contributed by atoms with E-state index in [0.717, 1.165) is 12.8 Å². The maximum Gasteiger partial charge on any atom is 0.283 e. The lowest BCUT2D eigenvalue weighted by Gasteiger charge is -1.96. The third-order valence-electron chi connectivity index (χ3n) is 1.23. The molecule has 0 aromatic heterocycles. The quantitative estimate of drug-likeness (QED) is 0.401. The number of unbranched alkanes of at least 4 members (excludes halogenated alkanes) is 1. The Labute approximate surface area is 87.0 Å². The molecule has 0 aliphatic heterocycles. The van der Waals surface area contributed by atoms with Crippen molar-refractivity contribution in [1.82, 2.24) is 0 Å². The Bertz CT molecular complexity index is 204. The van der Waals surface area contributed by atoms with Gasteiger partial charge in [0.15, 0.2) is 0 Å². The topological polar surface area (TPSA) is 38.7 Å². The molecule has 0 aliphatic rings. The molecule has 0 amide bonds. The largest absolute Gasteiger partial charge is 0.470 e. The summed E-state index contributed by atoms with van der Waals surface area (Å²) in [6.45, 7) is 2.41. The number of aliphatic imine (C=N–C) groups is 1. The minimum Gasteiger partial charge on any atom is -0.470 e. The van der Waals surface area contributed by atoms with E-state index in [1.54, 1.807) is 12.5 Å². The molecule has 3 nitrogen and oxygen atoms in total. The summed E-state index contributed by atoms with van der Waals surface area (Å²) in [5, 5.41) is 0.278. The Morgan fingerprint density at radius 2 is 2.38 bits per heavy atom. The number of rotatable bonds is 5. The average molecular weight is 221 g/mol.